The molecule has 0 aliphatic carbocycles. The van der Waals surface area contributed by atoms with Gasteiger partial charge < -0.3 is 25.4 Å². The molecule has 0 amide bonds. The summed E-state index contributed by atoms with van der Waals surface area (Å²) in [6.45, 7) is 1.72. The monoisotopic (exact) mass is 373 g/mol. The van der Waals surface area contributed by atoms with Gasteiger partial charge in [0.25, 0.3) is 5.88 Å². The van der Waals surface area contributed by atoms with E-state index in [4.69, 9.17) is 20.2 Å². The van der Waals surface area contributed by atoms with Crippen molar-refractivity contribution in [3.63, 3.8) is 0 Å². The summed E-state index contributed by atoms with van der Waals surface area (Å²) in [6, 6.07) is 3.77. The number of hydrogen-bond donors (Lipinski definition) is 2. The van der Waals surface area contributed by atoms with Crippen molar-refractivity contribution < 1.29 is 9.47 Å². The van der Waals surface area contributed by atoms with E-state index in [0.717, 1.165) is 29.5 Å². The molecule has 0 spiro atoms. The highest BCUT2D eigenvalue weighted by Gasteiger charge is 2.23. The number of aromatic nitrogens is 4. The smallest absolute Gasteiger partial charge is 0.258 e. The Bertz CT molecular complexity index is 932. The predicted molar refractivity (Wildman–Crippen MR) is 101 cm³/mol. The lowest BCUT2D eigenvalue weighted by atomic mass is 10.3. The van der Waals surface area contributed by atoms with Gasteiger partial charge in [0.2, 0.25) is 0 Å². The number of anilines is 3. The lowest BCUT2D eigenvalue weighted by Crippen LogP contribution is -2.26. The van der Waals surface area contributed by atoms with Gasteiger partial charge in [-0.05, 0) is 18.6 Å². The van der Waals surface area contributed by atoms with E-state index in [1.54, 1.807) is 26.4 Å². The third-order valence-corrected chi connectivity index (χ3v) is 5.19. The zero-order valence-corrected chi connectivity index (χ0v) is 15.3. The van der Waals surface area contributed by atoms with Crippen LogP contribution < -0.4 is 25.4 Å². The number of nitrogens with one attached hydrogen (secondary N) is 1. The zero-order valence-electron chi connectivity index (χ0n) is 14.5. The zero-order chi connectivity index (χ0) is 18.1. The SMILES string of the molecule is COc1ccc(Nc2ncnc3sc(N4CCC(N)C4)nc23)nc1OC. The summed E-state index contributed by atoms with van der Waals surface area (Å²) in [6.07, 6.45) is 2.49. The van der Waals surface area contributed by atoms with E-state index in [2.05, 4.69) is 25.2 Å². The third-order valence-electron chi connectivity index (χ3n) is 4.16. The number of fused-ring (bicyclic) bond motifs is 1. The quantitative estimate of drug-likeness (QED) is 0.691. The van der Waals surface area contributed by atoms with Crippen LogP contribution in [-0.4, -0.2) is 53.3 Å². The molecule has 1 saturated heterocycles. The first kappa shape index (κ1) is 16.7. The average Bonchev–Trinajstić information content (AvgIpc) is 3.28. The highest BCUT2D eigenvalue weighted by molar-refractivity contribution is 7.21. The number of nitrogens with zero attached hydrogens (tertiary/aromatic N) is 5. The molecular weight excluding hydrogens is 354 g/mol. The standard InChI is InChI=1S/C16H19N7O2S/c1-24-10-3-4-11(21-14(10)25-2)20-13-12-15(19-8-18-13)26-16(22-12)23-6-5-9(17)7-23/h3-4,8-9H,5-7,17H2,1-2H3,(H,18,19,20,21). The summed E-state index contributed by atoms with van der Waals surface area (Å²) in [5.41, 5.74) is 6.72. The molecular formula is C16H19N7O2S. The van der Waals surface area contributed by atoms with Gasteiger partial charge in [-0.1, -0.05) is 11.3 Å². The van der Waals surface area contributed by atoms with Gasteiger partial charge in [-0.3, -0.25) is 0 Å². The first-order valence-electron chi connectivity index (χ1n) is 8.16. The second-order valence-corrected chi connectivity index (χ2v) is 6.86. The van der Waals surface area contributed by atoms with Crippen LogP contribution in [0.2, 0.25) is 0 Å². The van der Waals surface area contributed by atoms with Crippen LogP contribution in [0.5, 0.6) is 11.6 Å². The van der Waals surface area contributed by atoms with Crippen LogP contribution in [0, 0.1) is 0 Å². The first-order valence-corrected chi connectivity index (χ1v) is 8.97. The van der Waals surface area contributed by atoms with E-state index in [0.29, 0.717) is 28.8 Å². The van der Waals surface area contributed by atoms with E-state index >= 15 is 0 Å². The minimum atomic E-state index is 0.196. The van der Waals surface area contributed by atoms with Crippen molar-refractivity contribution >= 4 is 38.5 Å². The Labute approximate surface area is 154 Å². The summed E-state index contributed by atoms with van der Waals surface area (Å²) in [4.78, 5) is 20.8. The molecule has 4 heterocycles. The molecule has 0 radical (unpaired) electrons. The van der Waals surface area contributed by atoms with Crippen molar-refractivity contribution in [1.29, 1.82) is 0 Å². The number of ether oxygens (including phenoxy) is 2. The van der Waals surface area contributed by atoms with Crippen LogP contribution in [0.25, 0.3) is 10.3 Å². The fourth-order valence-corrected chi connectivity index (χ4v) is 3.79. The van der Waals surface area contributed by atoms with Gasteiger partial charge >= 0.3 is 0 Å². The maximum atomic E-state index is 6.00. The van der Waals surface area contributed by atoms with Gasteiger partial charge in [0.05, 0.1) is 14.2 Å². The van der Waals surface area contributed by atoms with Crippen molar-refractivity contribution in [2.75, 3.05) is 37.5 Å². The first-order chi connectivity index (χ1) is 12.7. The predicted octanol–water partition coefficient (Wildman–Crippen LogP) is 1.78. The van der Waals surface area contributed by atoms with E-state index in [9.17, 15) is 0 Å². The molecule has 26 heavy (non-hydrogen) atoms. The summed E-state index contributed by atoms with van der Waals surface area (Å²) < 4.78 is 10.5. The van der Waals surface area contributed by atoms with Crippen molar-refractivity contribution in [1.82, 2.24) is 19.9 Å². The van der Waals surface area contributed by atoms with Gasteiger partial charge in [0.1, 0.15) is 17.7 Å². The molecule has 1 aliphatic heterocycles. The number of hydrogen-bond acceptors (Lipinski definition) is 10. The molecule has 1 fully saturated rings. The van der Waals surface area contributed by atoms with Gasteiger partial charge in [-0.2, -0.15) is 4.98 Å². The van der Waals surface area contributed by atoms with E-state index in [1.165, 1.54) is 17.7 Å². The molecule has 1 unspecified atom stereocenters. The number of thiazole rings is 1. The normalized spacial score (nSPS) is 16.9. The number of pyridine rings is 1. The summed E-state index contributed by atoms with van der Waals surface area (Å²) in [5, 5.41) is 4.10. The van der Waals surface area contributed by atoms with Crippen molar-refractivity contribution in [3.05, 3.63) is 18.5 Å². The molecule has 3 N–H and O–H groups in total. The Morgan fingerprint density at radius 1 is 1.23 bits per heavy atom. The Morgan fingerprint density at radius 3 is 2.85 bits per heavy atom. The van der Waals surface area contributed by atoms with Crippen molar-refractivity contribution in [2.45, 2.75) is 12.5 Å². The molecule has 3 aromatic heterocycles. The Morgan fingerprint density at radius 2 is 2.12 bits per heavy atom. The summed E-state index contributed by atoms with van der Waals surface area (Å²) in [7, 11) is 3.12. The topological polar surface area (TPSA) is 111 Å². The van der Waals surface area contributed by atoms with Gasteiger partial charge in [0, 0.05) is 19.1 Å². The van der Waals surface area contributed by atoms with Gasteiger partial charge in [-0.25, -0.2) is 15.0 Å². The van der Waals surface area contributed by atoms with Crippen LogP contribution in [-0.2, 0) is 0 Å². The third kappa shape index (κ3) is 3.08. The molecule has 1 atom stereocenters. The number of rotatable bonds is 5. The molecule has 3 aromatic rings. The largest absolute Gasteiger partial charge is 0.491 e. The van der Waals surface area contributed by atoms with Crippen LogP contribution in [0.3, 0.4) is 0 Å². The molecule has 136 valence electrons. The Balaban J connectivity index is 1.65. The fraction of sp³-hybridized carbons (Fsp3) is 0.375. The van der Waals surface area contributed by atoms with Crippen molar-refractivity contribution in [2.24, 2.45) is 5.73 Å². The molecule has 4 rings (SSSR count). The van der Waals surface area contributed by atoms with Gasteiger partial charge in [-0.15, -0.1) is 0 Å². The maximum Gasteiger partial charge on any atom is 0.258 e. The lowest BCUT2D eigenvalue weighted by molar-refractivity contribution is 0.343. The highest BCUT2D eigenvalue weighted by atomic mass is 32.1. The van der Waals surface area contributed by atoms with Crippen LogP contribution >= 0.6 is 11.3 Å². The van der Waals surface area contributed by atoms with Crippen LogP contribution in [0.1, 0.15) is 6.42 Å². The van der Waals surface area contributed by atoms with Crippen LogP contribution in [0.15, 0.2) is 18.5 Å². The second-order valence-electron chi connectivity index (χ2n) is 5.90. The molecule has 0 bridgehead atoms. The number of nitrogens with two attached hydrogens (primary N) is 1. The highest BCUT2D eigenvalue weighted by Crippen LogP contribution is 2.33. The van der Waals surface area contributed by atoms with E-state index in [1.807, 2.05) is 0 Å². The summed E-state index contributed by atoms with van der Waals surface area (Å²) in [5.74, 6) is 2.14. The maximum absolute atomic E-state index is 6.00. The van der Waals surface area contributed by atoms with Crippen molar-refractivity contribution in [3.8, 4) is 11.6 Å². The Kier molecular flexibility index (Phi) is 4.43. The van der Waals surface area contributed by atoms with E-state index < -0.39 is 0 Å². The number of methoxy groups -OCH3 is 2. The fourth-order valence-electron chi connectivity index (χ4n) is 2.85. The lowest BCUT2D eigenvalue weighted by Gasteiger charge is -2.12. The average molecular weight is 373 g/mol. The molecule has 0 aromatic carbocycles. The van der Waals surface area contributed by atoms with Crippen LogP contribution in [0.4, 0.5) is 16.8 Å². The molecule has 9 nitrogen and oxygen atoms in total. The van der Waals surface area contributed by atoms with Gasteiger partial charge in [0.15, 0.2) is 21.5 Å². The minimum absolute atomic E-state index is 0.196. The summed E-state index contributed by atoms with van der Waals surface area (Å²) >= 11 is 1.54. The second kappa shape index (κ2) is 6.89. The minimum Gasteiger partial charge on any atom is -0.491 e. The molecule has 1 aliphatic rings. The van der Waals surface area contributed by atoms with E-state index in [-0.39, 0.29) is 6.04 Å². The molecule has 0 saturated carbocycles. The Hall–Kier alpha value is -2.72. The molecule has 10 heteroatoms.